The SMILES string of the molecule is Cc1c(CNCC2CC3CCC2C3)cc(C#N)n1C. The number of nitrogens with zero attached hydrogens (tertiary/aromatic N) is 2. The van der Waals surface area contributed by atoms with Crippen LogP contribution in [-0.2, 0) is 13.6 Å². The lowest BCUT2D eigenvalue weighted by atomic mass is 9.89. The minimum atomic E-state index is 0.759. The highest BCUT2D eigenvalue weighted by Gasteiger charge is 2.38. The average Bonchev–Trinajstić information content (AvgIpc) is 3.09. The lowest BCUT2D eigenvalue weighted by Crippen LogP contribution is -2.26. The molecule has 3 unspecified atom stereocenters. The van der Waals surface area contributed by atoms with Crippen LogP contribution in [0.3, 0.4) is 0 Å². The van der Waals surface area contributed by atoms with Crippen LogP contribution < -0.4 is 5.32 Å². The normalized spacial score (nSPS) is 28.8. The summed E-state index contributed by atoms with van der Waals surface area (Å²) in [6.45, 7) is 4.14. The van der Waals surface area contributed by atoms with Gasteiger partial charge in [0.15, 0.2) is 0 Å². The van der Waals surface area contributed by atoms with Crippen LogP contribution in [0.4, 0.5) is 0 Å². The van der Waals surface area contributed by atoms with E-state index in [2.05, 4.69) is 18.3 Å². The summed E-state index contributed by atoms with van der Waals surface area (Å²) in [6, 6.07) is 4.26. The van der Waals surface area contributed by atoms with Crippen molar-refractivity contribution in [3.05, 3.63) is 23.0 Å². The van der Waals surface area contributed by atoms with Crippen molar-refractivity contribution in [3.8, 4) is 6.07 Å². The maximum absolute atomic E-state index is 9.03. The lowest BCUT2D eigenvalue weighted by Gasteiger charge is -2.21. The lowest BCUT2D eigenvalue weighted by molar-refractivity contribution is 0.318. The van der Waals surface area contributed by atoms with E-state index in [0.29, 0.717) is 0 Å². The molecule has 2 bridgehead atoms. The van der Waals surface area contributed by atoms with Crippen molar-refractivity contribution in [2.45, 2.75) is 39.2 Å². The van der Waals surface area contributed by atoms with Crippen molar-refractivity contribution in [2.24, 2.45) is 24.8 Å². The second-order valence-corrected chi connectivity index (χ2v) is 6.38. The number of nitriles is 1. The van der Waals surface area contributed by atoms with Crippen LogP contribution in [0.2, 0.25) is 0 Å². The molecule has 3 rings (SSSR count). The smallest absolute Gasteiger partial charge is 0.120 e. The number of rotatable bonds is 4. The summed E-state index contributed by atoms with van der Waals surface area (Å²) in [6.07, 6.45) is 5.86. The van der Waals surface area contributed by atoms with Gasteiger partial charge >= 0.3 is 0 Å². The Hall–Kier alpha value is -1.27. The van der Waals surface area contributed by atoms with E-state index < -0.39 is 0 Å². The predicted molar refractivity (Wildman–Crippen MR) is 75.5 cm³/mol. The standard InChI is InChI=1S/C16H23N3/c1-11-14(7-16(8-17)19(11)2)9-18-10-15-6-12-3-4-13(15)5-12/h7,12-13,15,18H,3-6,9-10H2,1-2H3. The van der Waals surface area contributed by atoms with Gasteiger partial charge in [-0.3, -0.25) is 0 Å². The Morgan fingerprint density at radius 2 is 2.26 bits per heavy atom. The molecule has 3 atom stereocenters. The topological polar surface area (TPSA) is 40.8 Å². The highest BCUT2D eigenvalue weighted by Crippen LogP contribution is 2.47. The summed E-state index contributed by atoms with van der Waals surface area (Å²) in [5, 5.41) is 12.6. The molecule has 1 aromatic rings. The minimum absolute atomic E-state index is 0.759. The molecule has 2 saturated carbocycles. The molecule has 1 heterocycles. The van der Waals surface area contributed by atoms with Crippen LogP contribution >= 0.6 is 0 Å². The Morgan fingerprint density at radius 3 is 2.84 bits per heavy atom. The molecule has 3 nitrogen and oxygen atoms in total. The molecule has 19 heavy (non-hydrogen) atoms. The third-order valence-corrected chi connectivity index (χ3v) is 5.36. The fourth-order valence-electron chi connectivity index (χ4n) is 4.07. The van der Waals surface area contributed by atoms with Crippen molar-refractivity contribution in [2.75, 3.05) is 6.54 Å². The van der Waals surface area contributed by atoms with Crippen LogP contribution in [0, 0.1) is 36.0 Å². The third-order valence-electron chi connectivity index (χ3n) is 5.36. The van der Waals surface area contributed by atoms with Gasteiger partial charge in [0, 0.05) is 19.3 Å². The molecular formula is C16H23N3. The van der Waals surface area contributed by atoms with Gasteiger partial charge in [-0.25, -0.2) is 0 Å². The zero-order valence-corrected chi connectivity index (χ0v) is 11.9. The first-order valence-electron chi connectivity index (χ1n) is 7.45. The fraction of sp³-hybridized carbons (Fsp3) is 0.688. The van der Waals surface area contributed by atoms with E-state index in [4.69, 9.17) is 5.26 Å². The van der Waals surface area contributed by atoms with Crippen LogP contribution in [0.15, 0.2) is 6.07 Å². The van der Waals surface area contributed by atoms with Gasteiger partial charge in [0.2, 0.25) is 0 Å². The molecule has 0 aromatic carbocycles. The number of hydrogen-bond acceptors (Lipinski definition) is 2. The summed E-state index contributed by atoms with van der Waals surface area (Å²) < 4.78 is 1.98. The molecule has 102 valence electrons. The first-order valence-corrected chi connectivity index (χ1v) is 7.45. The number of fused-ring (bicyclic) bond motifs is 2. The molecular weight excluding hydrogens is 234 g/mol. The van der Waals surface area contributed by atoms with Crippen molar-refractivity contribution in [3.63, 3.8) is 0 Å². The van der Waals surface area contributed by atoms with E-state index in [1.165, 1.54) is 36.9 Å². The van der Waals surface area contributed by atoms with Crippen molar-refractivity contribution in [1.82, 2.24) is 9.88 Å². The van der Waals surface area contributed by atoms with Gasteiger partial charge in [0.25, 0.3) is 0 Å². The molecule has 2 aliphatic carbocycles. The van der Waals surface area contributed by atoms with Crippen molar-refractivity contribution >= 4 is 0 Å². The van der Waals surface area contributed by atoms with E-state index in [0.717, 1.165) is 36.5 Å². The molecule has 1 aromatic heterocycles. The van der Waals surface area contributed by atoms with Gasteiger partial charge in [0.1, 0.15) is 11.8 Å². The summed E-state index contributed by atoms with van der Waals surface area (Å²) >= 11 is 0. The Morgan fingerprint density at radius 1 is 1.42 bits per heavy atom. The van der Waals surface area contributed by atoms with E-state index in [1.807, 2.05) is 17.7 Å². The Labute approximate surface area is 115 Å². The molecule has 0 amide bonds. The van der Waals surface area contributed by atoms with Gasteiger partial charge in [-0.1, -0.05) is 6.42 Å². The molecule has 2 fully saturated rings. The average molecular weight is 257 g/mol. The van der Waals surface area contributed by atoms with Gasteiger partial charge in [-0.2, -0.15) is 5.26 Å². The molecule has 3 heteroatoms. The first-order chi connectivity index (χ1) is 9.19. The van der Waals surface area contributed by atoms with Crippen LogP contribution in [-0.4, -0.2) is 11.1 Å². The molecule has 0 aliphatic heterocycles. The van der Waals surface area contributed by atoms with E-state index >= 15 is 0 Å². The monoisotopic (exact) mass is 257 g/mol. The second kappa shape index (κ2) is 5.02. The quantitative estimate of drug-likeness (QED) is 0.901. The molecule has 1 N–H and O–H groups in total. The highest BCUT2D eigenvalue weighted by atomic mass is 15.0. The number of nitrogens with one attached hydrogen (secondary N) is 1. The second-order valence-electron chi connectivity index (χ2n) is 6.38. The van der Waals surface area contributed by atoms with E-state index in [-0.39, 0.29) is 0 Å². The van der Waals surface area contributed by atoms with E-state index in [9.17, 15) is 0 Å². The largest absolute Gasteiger partial charge is 0.340 e. The van der Waals surface area contributed by atoms with Gasteiger partial charge in [-0.05, 0) is 62.1 Å². The summed E-state index contributed by atoms with van der Waals surface area (Å²) in [5.41, 5.74) is 3.23. The zero-order chi connectivity index (χ0) is 13.4. The van der Waals surface area contributed by atoms with Crippen LogP contribution in [0.5, 0.6) is 0 Å². The number of hydrogen-bond donors (Lipinski definition) is 1. The summed E-state index contributed by atoms with van der Waals surface area (Å²) in [5.74, 6) is 2.92. The highest BCUT2D eigenvalue weighted by molar-refractivity contribution is 5.34. The minimum Gasteiger partial charge on any atom is -0.340 e. The Kier molecular flexibility index (Phi) is 3.36. The molecule has 0 spiro atoms. The molecule has 0 saturated heterocycles. The van der Waals surface area contributed by atoms with Gasteiger partial charge < -0.3 is 9.88 Å². The van der Waals surface area contributed by atoms with Gasteiger partial charge in [-0.15, -0.1) is 0 Å². The predicted octanol–water partition coefficient (Wildman–Crippen LogP) is 2.73. The maximum atomic E-state index is 9.03. The summed E-state index contributed by atoms with van der Waals surface area (Å²) in [7, 11) is 1.97. The molecule has 2 aliphatic rings. The fourth-order valence-corrected chi connectivity index (χ4v) is 4.07. The van der Waals surface area contributed by atoms with Crippen molar-refractivity contribution < 1.29 is 0 Å². The first kappa shape index (κ1) is 12.7. The van der Waals surface area contributed by atoms with Crippen molar-refractivity contribution in [1.29, 1.82) is 5.26 Å². The number of aromatic nitrogens is 1. The van der Waals surface area contributed by atoms with Crippen LogP contribution in [0.25, 0.3) is 0 Å². The van der Waals surface area contributed by atoms with Gasteiger partial charge in [0.05, 0.1) is 0 Å². The zero-order valence-electron chi connectivity index (χ0n) is 11.9. The molecule has 0 radical (unpaired) electrons. The third kappa shape index (κ3) is 2.30. The van der Waals surface area contributed by atoms with E-state index in [1.54, 1.807) is 0 Å². The Bertz CT molecular complexity index is 509. The Balaban J connectivity index is 1.54. The summed E-state index contributed by atoms with van der Waals surface area (Å²) in [4.78, 5) is 0. The van der Waals surface area contributed by atoms with Crippen LogP contribution in [0.1, 0.15) is 42.6 Å². The maximum Gasteiger partial charge on any atom is 0.120 e.